The first-order valence-electron chi connectivity index (χ1n) is 4.76. The van der Waals surface area contributed by atoms with E-state index in [0.717, 1.165) is 0 Å². The first-order valence-corrected chi connectivity index (χ1v) is 4.76. The fourth-order valence-electron chi connectivity index (χ4n) is 1.41. The number of nitrogens with zero attached hydrogens (tertiary/aromatic N) is 1. The van der Waals surface area contributed by atoms with Crippen LogP contribution in [0.4, 0.5) is 8.78 Å². The molecule has 0 atom stereocenters. The molecule has 0 saturated carbocycles. The van der Waals surface area contributed by atoms with Gasteiger partial charge in [0.1, 0.15) is 6.07 Å². The standard InChI is InChI=1S/C11H9F2NO4/c1-17-9-7(5-14)3-2-6(4-8(15)16)10(9)18-11(12)13/h2-3,11H,4H2,1H3,(H,15,16). The molecule has 1 aromatic carbocycles. The van der Waals surface area contributed by atoms with Gasteiger partial charge in [-0.2, -0.15) is 14.0 Å². The summed E-state index contributed by atoms with van der Waals surface area (Å²) in [5.41, 5.74) is 0.000869. The van der Waals surface area contributed by atoms with Crippen molar-refractivity contribution in [1.82, 2.24) is 0 Å². The molecule has 0 radical (unpaired) electrons. The highest BCUT2D eigenvalue weighted by atomic mass is 19.3. The molecule has 7 heteroatoms. The van der Waals surface area contributed by atoms with Crippen LogP contribution in [-0.2, 0) is 11.2 Å². The SMILES string of the molecule is COc1c(C#N)ccc(CC(=O)O)c1OC(F)F. The van der Waals surface area contributed by atoms with Crippen molar-refractivity contribution in [1.29, 1.82) is 5.26 Å². The Bertz CT molecular complexity index is 497. The number of aliphatic carboxylic acids is 1. The maximum atomic E-state index is 12.3. The van der Waals surface area contributed by atoms with Crippen LogP contribution in [0.1, 0.15) is 11.1 Å². The number of ether oxygens (including phenoxy) is 2. The Morgan fingerprint density at radius 1 is 1.50 bits per heavy atom. The zero-order valence-corrected chi connectivity index (χ0v) is 9.31. The molecule has 18 heavy (non-hydrogen) atoms. The van der Waals surface area contributed by atoms with Crippen LogP contribution in [0.15, 0.2) is 12.1 Å². The van der Waals surface area contributed by atoms with E-state index in [4.69, 9.17) is 15.1 Å². The second kappa shape index (κ2) is 5.82. The summed E-state index contributed by atoms with van der Waals surface area (Å²) >= 11 is 0. The van der Waals surface area contributed by atoms with Gasteiger partial charge in [0.15, 0.2) is 11.5 Å². The Kier molecular flexibility index (Phi) is 4.43. The fourth-order valence-corrected chi connectivity index (χ4v) is 1.41. The number of benzene rings is 1. The molecule has 1 aromatic rings. The molecule has 5 nitrogen and oxygen atoms in total. The molecule has 0 saturated heterocycles. The first kappa shape index (κ1) is 13.7. The number of alkyl halides is 2. The maximum absolute atomic E-state index is 12.3. The molecule has 0 amide bonds. The quantitative estimate of drug-likeness (QED) is 0.869. The van der Waals surface area contributed by atoms with Gasteiger partial charge in [-0.3, -0.25) is 4.79 Å². The number of carbonyl (C=O) groups is 1. The molecule has 0 aliphatic rings. The van der Waals surface area contributed by atoms with Gasteiger partial charge in [0.2, 0.25) is 0 Å². The maximum Gasteiger partial charge on any atom is 0.387 e. The van der Waals surface area contributed by atoms with Crippen molar-refractivity contribution in [2.24, 2.45) is 0 Å². The van der Waals surface area contributed by atoms with Crippen molar-refractivity contribution in [2.75, 3.05) is 7.11 Å². The Morgan fingerprint density at radius 2 is 2.17 bits per heavy atom. The molecule has 0 aliphatic heterocycles. The van der Waals surface area contributed by atoms with Crippen molar-refractivity contribution in [3.63, 3.8) is 0 Å². The van der Waals surface area contributed by atoms with Crippen LogP contribution in [0.25, 0.3) is 0 Å². The second-order valence-corrected chi connectivity index (χ2v) is 3.20. The Labute approximate surface area is 101 Å². The van der Waals surface area contributed by atoms with E-state index in [9.17, 15) is 13.6 Å². The lowest BCUT2D eigenvalue weighted by Gasteiger charge is -2.14. The molecule has 96 valence electrons. The molecule has 0 spiro atoms. The molecular formula is C11H9F2NO4. The van der Waals surface area contributed by atoms with E-state index in [-0.39, 0.29) is 16.9 Å². The molecule has 0 aliphatic carbocycles. The minimum atomic E-state index is -3.14. The minimum Gasteiger partial charge on any atom is -0.492 e. The van der Waals surface area contributed by atoms with Crippen LogP contribution >= 0.6 is 0 Å². The summed E-state index contributed by atoms with van der Waals surface area (Å²) in [4.78, 5) is 10.6. The van der Waals surface area contributed by atoms with E-state index < -0.39 is 24.8 Å². The number of halogens is 2. The third kappa shape index (κ3) is 3.07. The van der Waals surface area contributed by atoms with E-state index in [1.807, 2.05) is 0 Å². The van der Waals surface area contributed by atoms with Crippen LogP contribution in [0.2, 0.25) is 0 Å². The summed E-state index contributed by atoms with van der Waals surface area (Å²) in [5.74, 6) is -1.83. The van der Waals surface area contributed by atoms with Gasteiger partial charge in [-0.15, -0.1) is 0 Å². The van der Waals surface area contributed by atoms with Gasteiger partial charge in [-0.25, -0.2) is 0 Å². The van der Waals surface area contributed by atoms with Gasteiger partial charge in [-0.1, -0.05) is 6.07 Å². The largest absolute Gasteiger partial charge is 0.492 e. The van der Waals surface area contributed by atoms with Gasteiger partial charge in [0.05, 0.1) is 19.1 Å². The lowest BCUT2D eigenvalue weighted by atomic mass is 10.1. The molecule has 0 unspecified atom stereocenters. The molecule has 1 N–H and O–H groups in total. The number of carboxylic acid groups (broad SMARTS) is 1. The van der Waals surface area contributed by atoms with E-state index in [1.54, 1.807) is 6.07 Å². The third-order valence-corrected chi connectivity index (χ3v) is 2.07. The number of hydrogen-bond donors (Lipinski definition) is 1. The van der Waals surface area contributed by atoms with Gasteiger partial charge in [0, 0.05) is 5.56 Å². The highest BCUT2D eigenvalue weighted by Crippen LogP contribution is 2.36. The van der Waals surface area contributed by atoms with Gasteiger partial charge in [-0.05, 0) is 6.07 Å². The summed E-state index contributed by atoms with van der Waals surface area (Å²) in [6, 6.07) is 4.27. The van der Waals surface area contributed by atoms with Crippen molar-refractivity contribution in [3.8, 4) is 17.6 Å². The molecular weight excluding hydrogens is 248 g/mol. The zero-order chi connectivity index (χ0) is 13.7. The Hall–Kier alpha value is -2.36. The summed E-state index contributed by atoms with van der Waals surface area (Å²) in [6.45, 7) is -3.14. The van der Waals surface area contributed by atoms with E-state index in [0.29, 0.717) is 0 Å². The third-order valence-electron chi connectivity index (χ3n) is 2.07. The number of rotatable bonds is 5. The summed E-state index contributed by atoms with van der Waals surface area (Å²) in [7, 11) is 1.18. The van der Waals surface area contributed by atoms with Crippen molar-refractivity contribution < 1.29 is 28.2 Å². The van der Waals surface area contributed by atoms with E-state index in [1.165, 1.54) is 19.2 Å². The average molecular weight is 257 g/mol. The number of hydrogen-bond acceptors (Lipinski definition) is 4. The normalized spacial score (nSPS) is 9.94. The van der Waals surface area contributed by atoms with Crippen LogP contribution in [0.3, 0.4) is 0 Å². The second-order valence-electron chi connectivity index (χ2n) is 3.20. The highest BCUT2D eigenvalue weighted by Gasteiger charge is 2.20. The summed E-state index contributed by atoms with van der Waals surface area (Å²) in [5, 5.41) is 17.5. The highest BCUT2D eigenvalue weighted by molar-refractivity contribution is 5.73. The zero-order valence-electron chi connectivity index (χ0n) is 9.31. The molecule has 0 bridgehead atoms. The van der Waals surface area contributed by atoms with E-state index >= 15 is 0 Å². The number of methoxy groups -OCH3 is 1. The first-order chi connectivity index (χ1) is 8.49. The lowest BCUT2D eigenvalue weighted by Crippen LogP contribution is -2.09. The van der Waals surface area contributed by atoms with Crippen LogP contribution in [0, 0.1) is 11.3 Å². The fraction of sp³-hybridized carbons (Fsp3) is 0.273. The molecule has 1 rings (SSSR count). The summed E-state index contributed by atoms with van der Waals surface area (Å²) in [6.07, 6.45) is -0.510. The van der Waals surface area contributed by atoms with Gasteiger partial charge < -0.3 is 14.6 Å². The molecule has 0 heterocycles. The lowest BCUT2D eigenvalue weighted by molar-refractivity contribution is -0.136. The number of nitriles is 1. The smallest absolute Gasteiger partial charge is 0.387 e. The molecule has 0 fully saturated rings. The predicted octanol–water partition coefficient (Wildman–Crippen LogP) is 1.80. The minimum absolute atomic E-state index is 0.0118. The van der Waals surface area contributed by atoms with Crippen molar-refractivity contribution in [3.05, 3.63) is 23.3 Å². The van der Waals surface area contributed by atoms with Gasteiger partial charge in [0.25, 0.3) is 0 Å². The monoisotopic (exact) mass is 257 g/mol. The molecule has 0 aromatic heterocycles. The Balaban J connectivity index is 3.34. The van der Waals surface area contributed by atoms with Gasteiger partial charge >= 0.3 is 12.6 Å². The summed E-state index contributed by atoms with van der Waals surface area (Å²) < 4.78 is 33.6. The topological polar surface area (TPSA) is 79.5 Å². The van der Waals surface area contributed by atoms with E-state index in [2.05, 4.69) is 4.74 Å². The average Bonchev–Trinajstić information content (AvgIpc) is 2.29. The Morgan fingerprint density at radius 3 is 2.61 bits per heavy atom. The van der Waals surface area contributed by atoms with Crippen molar-refractivity contribution >= 4 is 5.97 Å². The predicted molar refractivity (Wildman–Crippen MR) is 55.7 cm³/mol. The number of carboxylic acids is 1. The van der Waals surface area contributed by atoms with Crippen LogP contribution in [-0.4, -0.2) is 24.8 Å². The van der Waals surface area contributed by atoms with Crippen LogP contribution < -0.4 is 9.47 Å². The van der Waals surface area contributed by atoms with Crippen LogP contribution in [0.5, 0.6) is 11.5 Å². The van der Waals surface area contributed by atoms with Crippen molar-refractivity contribution in [2.45, 2.75) is 13.0 Å².